The van der Waals surface area contributed by atoms with E-state index in [-0.39, 0.29) is 24.4 Å². The van der Waals surface area contributed by atoms with Crippen molar-refractivity contribution < 1.29 is 23.9 Å². The fraction of sp³-hybridized carbons (Fsp3) is 0.368. The molecule has 3 aromatic carbocycles. The number of hydrogen-bond donors (Lipinski definition) is 0. The smallest absolute Gasteiger partial charge is 0.264 e. The Bertz CT molecular complexity index is 1820. The fourth-order valence-electron chi connectivity index (χ4n) is 7.20. The van der Waals surface area contributed by atoms with Crippen LogP contribution >= 0.6 is 0 Å². The van der Waals surface area contributed by atoms with Gasteiger partial charge in [-0.1, -0.05) is 48.5 Å². The van der Waals surface area contributed by atoms with Gasteiger partial charge >= 0.3 is 0 Å². The van der Waals surface area contributed by atoms with E-state index >= 15 is 0 Å². The minimum Gasteiger partial charge on any atom is -0.494 e. The molecule has 4 atom stereocenters. The molecule has 4 unspecified atom stereocenters. The van der Waals surface area contributed by atoms with Crippen molar-refractivity contribution in [2.75, 3.05) is 24.7 Å². The molecule has 11 heteroatoms. The first kappa shape index (κ1) is 32.2. The van der Waals surface area contributed by atoms with Crippen molar-refractivity contribution in [3.63, 3.8) is 0 Å². The Morgan fingerprint density at radius 3 is 2.18 bits per heavy atom. The highest BCUT2D eigenvalue weighted by Crippen LogP contribution is 2.45. The number of carbonyl (C=O) groups is 3. The van der Waals surface area contributed by atoms with Crippen molar-refractivity contribution in [1.82, 2.24) is 10.0 Å². The average molecular weight is 661 g/mol. The maximum absolute atomic E-state index is 14.3. The number of rotatable bonds is 10. The highest BCUT2D eigenvalue weighted by Gasteiger charge is 2.55. The number of hydrazone groups is 1. The van der Waals surface area contributed by atoms with Gasteiger partial charge in [0.15, 0.2) is 12.1 Å². The first-order valence-corrected chi connectivity index (χ1v) is 17.1. The SMILES string of the molecule is CCOc1ccc(C=C2CCCC3C2=NN(C(=O)CN2N=NC4C(=O)N(c5ccc(CC)cc5)C(=O)C42)C3c2ccc(OCC)cc2)cc1. The second-order valence-corrected chi connectivity index (χ2v) is 12.6. The summed E-state index contributed by atoms with van der Waals surface area (Å²) in [6.07, 6.45) is 5.66. The molecule has 3 aromatic rings. The molecule has 49 heavy (non-hydrogen) atoms. The first-order valence-electron chi connectivity index (χ1n) is 17.1. The van der Waals surface area contributed by atoms with E-state index in [4.69, 9.17) is 14.6 Å². The molecule has 0 N–H and O–H groups in total. The second-order valence-electron chi connectivity index (χ2n) is 12.6. The van der Waals surface area contributed by atoms with E-state index in [1.165, 1.54) is 5.01 Å². The van der Waals surface area contributed by atoms with Gasteiger partial charge in [0.25, 0.3) is 17.7 Å². The molecule has 1 saturated carbocycles. The van der Waals surface area contributed by atoms with E-state index in [9.17, 15) is 14.4 Å². The van der Waals surface area contributed by atoms with Crippen molar-refractivity contribution >= 4 is 35.2 Å². The Kier molecular flexibility index (Phi) is 8.99. The van der Waals surface area contributed by atoms with E-state index in [1.54, 1.807) is 17.1 Å². The molecule has 0 bridgehead atoms. The molecule has 3 amide bonds. The third-order valence-electron chi connectivity index (χ3n) is 9.58. The van der Waals surface area contributed by atoms with Crippen LogP contribution < -0.4 is 14.4 Å². The zero-order chi connectivity index (χ0) is 34.1. The third-order valence-corrected chi connectivity index (χ3v) is 9.58. The van der Waals surface area contributed by atoms with E-state index in [0.717, 1.165) is 70.1 Å². The Balaban J connectivity index is 1.17. The number of nitrogens with zero attached hydrogens (tertiary/aromatic N) is 6. The maximum Gasteiger partial charge on any atom is 0.264 e. The number of benzene rings is 3. The number of aryl methyl sites for hydroxylation is 1. The zero-order valence-corrected chi connectivity index (χ0v) is 28.0. The summed E-state index contributed by atoms with van der Waals surface area (Å²) in [6.45, 7) is 6.85. The van der Waals surface area contributed by atoms with Crippen LogP contribution in [-0.4, -0.2) is 65.3 Å². The van der Waals surface area contributed by atoms with E-state index < -0.39 is 23.9 Å². The van der Waals surface area contributed by atoms with E-state index in [2.05, 4.69) is 16.4 Å². The number of carbonyl (C=O) groups excluding carboxylic acids is 3. The van der Waals surface area contributed by atoms with Crippen LogP contribution in [0.15, 0.2) is 93.8 Å². The molecular formula is C38H40N6O5. The van der Waals surface area contributed by atoms with Gasteiger partial charge in [-0.15, -0.1) is 0 Å². The van der Waals surface area contributed by atoms with Crippen LogP contribution in [-0.2, 0) is 20.8 Å². The van der Waals surface area contributed by atoms with Crippen LogP contribution in [0.25, 0.3) is 6.08 Å². The summed E-state index contributed by atoms with van der Waals surface area (Å²) < 4.78 is 11.3. The van der Waals surface area contributed by atoms with E-state index in [1.807, 2.05) is 81.4 Å². The number of imide groups is 1. The Hall–Kier alpha value is -5.32. The predicted molar refractivity (Wildman–Crippen MR) is 185 cm³/mol. The molecule has 0 aromatic heterocycles. The summed E-state index contributed by atoms with van der Waals surface area (Å²) in [7, 11) is 0. The van der Waals surface area contributed by atoms with Crippen molar-refractivity contribution in [1.29, 1.82) is 0 Å². The minimum atomic E-state index is -0.996. The molecule has 3 heterocycles. The van der Waals surface area contributed by atoms with Gasteiger partial charge in [-0.25, -0.2) is 9.91 Å². The van der Waals surface area contributed by atoms with Gasteiger partial charge in [-0.3, -0.25) is 19.4 Å². The normalized spacial score (nSPS) is 23.6. The highest BCUT2D eigenvalue weighted by atomic mass is 16.5. The summed E-state index contributed by atoms with van der Waals surface area (Å²) in [5.41, 5.74) is 5.54. The number of anilines is 1. The highest BCUT2D eigenvalue weighted by molar-refractivity contribution is 6.25. The molecular weight excluding hydrogens is 620 g/mol. The maximum atomic E-state index is 14.3. The number of allylic oxidation sites excluding steroid dienone is 1. The lowest BCUT2D eigenvalue weighted by atomic mass is 9.77. The van der Waals surface area contributed by atoms with Crippen LogP contribution in [0, 0.1) is 5.92 Å². The monoisotopic (exact) mass is 660 g/mol. The van der Waals surface area contributed by atoms with Gasteiger partial charge in [0.1, 0.15) is 18.0 Å². The number of amides is 3. The lowest BCUT2D eigenvalue weighted by Gasteiger charge is -2.30. The summed E-state index contributed by atoms with van der Waals surface area (Å²) in [6, 6.07) is 20.8. The largest absolute Gasteiger partial charge is 0.494 e. The molecule has 1 aliphatic carbocycles. The number of ether oxygens (including phenoxy) is 2. The van der Waals surface area contributed by atoms with E-state index in [0.29, 0.717) is 18.9 Å². The number of hydrogen-bond acceptors (Lipinski definition) is 9. The van der Waals surface area contributed by atoms with Crippen molar-refractivity contribution in [3.05, 3.63) is 95.1 Å². The molecule has 2 fully saturated rings. The predicted octanol–water partition coefficient (Wildman–Crippen LogP) is 6.16. The second kappa shape index (κ2) is 13.7. The van der Waals surface area contributed by atoms with Crippen LogP contribution in [0.1, 0.15) is 62.8 Å². The molecule has 4 aliphatic rings. The summed E-state index contributed by atoms with van der Waals surface area (Å²) in [5.74, 6) is 0.340. The van der Waals surface area contributed by atoms with Crippen molar-refractivity contribution in [2.45, 2.75) is 64.6 Å². The van der Waals surface area contributed by atoms with Gasteiger partial charge in [0.2, 0.25) is 0 Å². The quantitative estimate of drug-likeness (QED) is 0.241. The summed E-state index contributed by atoms with van der Waals surface area (Å²) >= 11 is 0. The summed E-state index contributed by atoms with van der Waals surface area (Å²) in [4.78, 5) is 42.5. The first-order chi connectivity index (χ1) is 23.9. The van der Waals surface area contributed by atoms with Gasteiger partial charge in [-0.05, 0) is 104 Å². The Morgan fingerprint density at radius 2 is 1.53 bits per heavy atom. The van der Waals surface area contributed by atoms with Crippen LogP contribution in [0.4, 0.5) is 5.69 Å². The molecule has 7 rings (SSSR count). The zero-order valence-electron chi connectivity index (χ0n) is 28.0. The average Bonchev–Trinajstić information content (AvgIpc) is 3.79. The third kappa shape index (κ3) is 6.09. The molecule has 0 radical (unpaired) electrons. The van der Waals surface area contributed by atoms with Gasteiger partial charge in [0, 0.05) is 5.92 Å². The van der Waals surface area contributed by atoms with Crippen molar-refractivity contribution in [3.8, 4) is 11.5 Å². The molecule has 0 spiro atoms. The van der Waals surface area contributed by atoms with Crippen LogP contribution in [0.2, 0.25) is 0 Å². The molecule has 1 saturated heterocycles. The lowest BCUT2D eigenvalue weighted by Crippen LogP contribution is -2.45. The van der Waals surface area contributed by atoms with Gasteiger partial charge in [-0.2, -0.15) is 10.2 Å². The lowest BCUT2D eigenvalue weighted by molar-refractivity contribution is -0.136. The number of fused-ring (bicyclic) bond motifs is 2. The summed E-state index contributed by atoms with van der Waals surface area (Å²) in [5, 5.41) is 16.2. The fourth-order valence-corrected chi connectivity index (χ4v) is 7.20. The van der Waals surface area contributed by atoms with Gasteiger partial charge in [0.05, 0.1) is 30.7 Å². The Labute approximate surface area is 285 Å². The van der Waals surface area contributed by atoms with Crippen molar-refractivity contribution in [2.24, 2.45) is 21.4 Å². The Morgan fingerprint density at radius 1 is 0.857 bits per heavy atom. The molecule has 252 valence electrons. The molecule has 11 nitrogen and oxygen atoms in total. The standard InChI is InChI=1S/C38H40N6O5/c1-4-24-10-16-28(17-11-24)43-37(46)34-36(38(43)47)42(41-39-34)23-32(45)44-35(26-14-20-30(21-15-26)49-6-3)31-9-7-8-27(33(31)40-44)22-25-12-18-29(19-13-25)48-5-2/h10-22,31,34-36H,4-9,23H2,1-3H3. The minimum absolute atomic E-state index is 0.0196. The topological polar surface area (TPSA) is 116 Å². The van der Waals surface area contributed by atoms with Gasteiger partial charge < -0.3 is 9.47 Å². The van der Waals surface area contributed by atoms with Crippen LogP contribution in [0.5, 0.6) is 11.5 Å². The van der Waals surface area contributed by atoms with Crippen LogP contribution in [0.3, 0.4) is 0 Å². The molecule has 3 aliphatic heterocycles.